The summed E-state index contributed by atoms with van der Waals surface area (Å²) in [6.45, 7) is 4.00. The summed E-state index contributed by atoms with van der Waals surface area (Å²) in [6.07, 6.45) is 0. The molecule has 2 amide bonds. The molecule has 34 heavy (non-hydrogen) atoms. The average Bonchev–Trinajstić information content (AvgIpc) is 3.18. The number of imidazole rings is 1. The van der Waals surface area contributed by atoms with E-state index in [-0.39, 0.29) is 17.7 Å². The summed E-state index contributed by atoms with van der Waals surface area (Å²) >= 11 is 0. The molecule has 7 nitrogen and oxygen atoms in total. The van der Waals surface area contributed by atoms with Crippen LogP contribution in [0.4, 0.5) is 5.69 Å². The van der Waals surface area contributed by atoms with Gasteiger partial charge in [-0.05, 0) is 35.7 Å². The molecule has 2 N–H and O–H groups in total. The third-order valence-corrected chi connectivity index (χ3v) is 5.83. The Balaban J connectivity index is 1.71. The van der Waals surface area contributed by atoms with Crippen molar-refractivity contribution in [2.24, 2.45) is 7.05 Å². The lowest BCUT2D eigenvalue weighted by Gasteiger charge is -2.14. The summed E-state index contributed by atoms with van der Waals surface area (Å²) in [4.78, 5) is 29.8. The fourth-order valence-electron chi connectivity index (χ4n) is 4.09. The molecule has 0 saturated carbocycles. The summed E-state index contributed by atoms with van der Waals surface area (Å²) in [5.41, 5.74) is 4.27. The highest BCUT2D eigenvalue weighted by atomic mass is 16.5. The number of aromatic nitrogens is 2. The Bertz CT molecular complexity index is 1350. The minimum atomic E-state index is -0.225. The van der Waals surface area contributed by atoms with Crippen molar-refractivity contribution in [3.05, 3.63) is 77.9 Å². The van der Waals surface area contributed by atoms with E-state index in [9.17, 15) is 9.59 Å². The van der Waals surface area contributed by atoms with Crippen molar-refractivity contribution in [1.82, 2.24) is 14.9 Å². The summed E-state index contributed by atoms with van der Waals surface area (Å²) in [5.74, 6) is 1.08. The number of amides is 2. The Labute approximate surface area is 198 Å². The first-order chi connectivity index (χ1) is 16.4. The van der Waals surface area contributed by atoms with Gasteiger partial charge in [-0.25, -0.2) is 4.98 Å². The number of ether oxygens (including phenoxy) is 1. The molecule has 0 radical (unpaired) electrons. The predicted molar refractivity (Wildman–Crippen MR) is 134 cm³/mol. The number of benzene rings is 3. The van der Waals surface area contributed by atoms with Crippen LogP contribution in [-0.4, -0.2) is 35.0 Å². The highest BCUT2D eigenvalue weighted by Gasteiger charge is 2.20. The van der Waals surface area contributed by atoms with Crippen LogP contribution in [0.25, 0.3) is 22.4 Å². The van der Waals surface area contributed by atoms with Gasteiger partial charge in [0.05, 0.1) is 29.4 Å². The van der Waals surface area contributed by atoms with E-state index in [4.69, 9.17) is 9.72 Å². The Morgan fingerprint density at radius 2 is 1.76 bits per heavy atom. The molecule has 1 heterocycles. The lowest BCUT2D eigenvalue weighted by Crippen LogP contribution is -2.27. The second-order valence-corrected chi connectivity index (χ2v) is 8.29. The Kier molecular flexibility index (Phi) is 6.63. The highest BCUT2D eigenvalue weighted by Crippen LogP contribution is 2.34. The number of carbonyl (C=O) groups excluding carboxylic acids is 2. The van der Waals surface area contributed by atoms with Gasteiger partial charge in [0.2, 0.25) is 5.91 Å². The Morgan fingerprint density at radius 3 is 2.47 bits per heavy atom. The van der Waals surface area contributed by atoms with Crippen LogP contribution in [-0.2, 0) is 11.8 Å². The lowest BCUT2D eigenvalue weighted by atomic mass is 10.0. The van der Waals surface area contributed by atoms with Gasteiger partial charge in [-0.2, -0.15) is 0 Å². The third kappa shape index (κ3) is 4.64. The fourth-order valence-corrected chi connectivity index (χ4v) is 4.09. The quantitative estimate of drug-likeness (QED) is 0.421. The van der Waals surface area contributed by atoms with E-state index in [1.165, 1.54) is 6.92 Å². The van der Waals surface area contributed by atoms with Crippen molar-refractivity contribution in [3.8, 4) is 17.1 Å². The zero-order valence-electron chi connectivity index (χ0n) is 19.8. The average molecular weight is 457 g/mol. The smallest absolute Gasteiger partial charge is 0.251 e. The third-order valence-electron chi connectivity index (χ3n) is 5.83. The maximum atomic E-state index is 13.0. The molecule has 1 aromatic heterocycles. The monoisotopic (exact) mass is 456 g/mol. The van der Waals surface area contributed by atoms with Crippen molar-refractivity contribution >= 4 is 28.5 Å². The van der Waals surface area contributed by atoms with Crippen LogP contribution in [0.15, 0.2) is 66.7 Å². The van der Waals surface area contributed by atoms with Crippen molar-refractivity contribution < 1.29 is 14.3 Å². The molecule has 0 aliphatic rings. The first-order valence-electron chi connectivity index (χ1n) is 11.1. The zero-order valence-corrected chi connectivity index (χ0v) is 19.8. The summed E-state index contributed by atoms with van der Waals surface area (Å²) in [7, 11) is 3.49. The van der Waals surface area contributed by atoms with Crippen LogP contribution in [0, 0.1) is 0 Å². The van der Waals surface area contributed by atoms with Crippen LogP contribution >= 0.6 is 0 Å². The minimum absolute atomic E-state index is 0.163. The van der Waals surface area contributed by atoms with Gasteiger partial charge < -0.3 is 19.9 Å². The second kappa shape index (κ2) is 9.79. The SMILES string of the molecule is COc1ccccc1-c1nc2cc(C(=O)NC[C@@H](C)c3ccccc3)cc(NC(C)=O)c2n1C. The zero-order chi connectivity index (χ0) is 24.2. The number of para-hydroxylation sites is 1. The number of hydrogen-bond acceptors (Lipinski definition) is 4. The molecule has 0 spiro atoms. The van der Waals surface area contributed by atoms with Gasteiger partial charge in [0.15, 0.2) is 0 Å². The summed E-state index contributed by atoms with van der Waals surface area (Å²) in [6, 6.07) is 21.1. The predicted octanol–water partition coefficient (Wildman–Crippen LogP) is 4.74. The van der Waals surface area contributed by atoms with Crippen LogP contribution in [0.1, 0.15) is 35.7 Å². The summed E-state index contributed by atoms with van der Waals surface area (Å²) < 4.78 is 7.41. The van der Waals surface area contributed by atoms with E-state index in [1.54, 1.807) is 19.2 Å². The maximum Gasteiger partial charge on any atom is 0.251 e. The molecule has 0 aliphatic heterocycles. The van der Waals surface area contributed by atoms with E-state index in [1.807, 2.05) is 66.2 Å². The standard InChI is InChI=1S/C27H28N4O3/c1-17(19-10-6-5-7-11-19)16-28-27(33)20-14-22(29-18(2)32)25-23(15-20)30-26(31(25)3)21-12-8-9-13-24(21)34-4/h5-15,17H,16H2,1-4H3,(H,28,33)(H,29,32)/t17-/m1/s1. The number of nitrogens with one attached hydrogen (secondary N) is 2. The number of aryl methyl sites for hydroxylation is 1. The largest absolute Gasteiger partial charge is 0.496 e. The van der Waals surface area contributed by atoms with E-state index in [0.717, 1.165) is 16.6 Å². The molecular weight excluding hydrogens is 428 g/mol. The molecule has 4 aromatic rings. The van der Waals surface area contributed by atoms with Crippen molar-refractivity contribution in [1.29, 1.82) is 0 Å². The molecule has 0 bridgehead atoms. The molecule has 0 aliphatic carbocycles. The normalized spacial score (nSPS) is 11.8. The van der Waals surface area contributed by atoms with E-state index < -0.39 is 0 Å². The number of rotatable bonds is 7. The molecule has 3 aromatic carbocycles. The first kappa shape index (κ1) is 23.0. The number of carbonyl (C=O) groups is 2. The minimum Gasteiger partial charge on any atom is -0.496 e. The number of fused-ring (bicyclic) bond motifs is 1. The van der Waals surface area contributed by atoms with E-state index >= 15 is 0 Å². The van der Waals surface area contributed by atoms with Gasteiger partial charge in [0, 0.05) is 26.1 Å². The molecule has 7 heteroatoms. The van der Waals surface area contributed by atoms with Crippen LogP contribution in [0.2, 0.25) is 0 Å². The maximum absolute atomic E-state index is 13.0. The molecule has 1 atom stereocenters. The molecule has 4 rings (SSSR count). The Hall–Kier alpha value is -4.13. The van der Waals surface area contributed by atoms with Crippen molar-refractivity contribution in [2.75, 3.05) is 19.0 Å². The van der Waals surface area contributed by atoms with Crippen LogP contribution in [0.3, 0.4) is 0 Å². The molecular formula is C27H28N4O3. The van der Waals surface area contributed by atoms with Gasteiger partial charge >= 0.3 is 0 Å². The molecule has 0 saturated heterocycles. The van der Waals surface area contributed by atoms with Gasteiger partial charge in [0.1, 0.15) is 11.6 Å². The first-order valence-corrected chi connectivity index (χ1v) is 11.1. The fraction of sp³-hybridized carbons (Fsp3) is 0.222. The van der Waals surface area contributed by atoms with Gasteiger partial charge in [-0.1, -0.05) is 49.4 Å². The molecule has 0 fully saturated rings. The second-order valence-electron chi connectivity index (χ2n) is 8.29. The number of nitrogens with zero attached hydrogens (tertiary/aromatic N) is 2. The topological polar surface area (TPSA) is 85.2 Å². The number of hydrogen-bond donors (Lipinski definition) is 2. The van der Waals surface area contributed by atoms with E-state index in [2.05, 4.69) is 17.6 Å². The molecule has 0 unspecified atom stereocenters. The number of methoxy groups -OCH3 is 1. The lowest BCUT2D eigenvalue weighted by molar-refractivity contribution is -0.114. The van der Waals surface area contributed by atoms with Gasteiger partial charge in [-0.3, -0.25) is 9.59 Å². The van der Waals surface area contributed by atoms with Gasteiger partial charge in [0.25, 0.3) is 5.91 Å². The molecule has 174 valence electrons. The number of anilines is 1. The summed E-state index contributed by atoms with van der Waals surface area (Å²) in [5, 5.41) is 5.86. The Morgan fingerprint density at radius 1 is 1.06 bits per heavy atom. The van der Waals surface area contributed by atoms with Crippen LogP contribution < -0.4 is 15.4 Å². The highest BCUT2D eigenvalue weighted by molar-refractivity contribution is 6.05. The van der Waals surface area contributed by atoms with Crippen molar-refractivity contribution in [3.63, 3.8) is 0 Å². The van der Waals surface area contributed by atoms with Crippen molar-refractivity contribution in [2.45, 2.75) is 19.8 Å². The van der Waals surface area contributed by atoms with Gasteiger partial charge in [-0.15, -0.1) is 0 Å². The van der Waals surface area contributed by atoms with Crippen LogP contribution in [0.5, 0.6) is 5.75 Å². The van der Waals surface area contributed by atoms with E-state index in [0.29, 0.717) is 34.9 Å².